The molecule has 0 rings (SSSR count). The van der Waals surface area contributed by atoms with Gasteiger partial charge in [0.05, 0.1) is 12.6 Å². The van der Waals surface area contributed by atoms with Crippen LogP contribution in [0.15, 0.2) is 0 Å². The van der Waals surface area contributed by atoms with Gasteiger partial charge < -0.3 is 16.0 Å². The molecule has 0 aliphatic heterocycles. The number of hydrogen-bond acceptors (Lipinski definition) is 3. The van der Waals surface area contributed by atoms with Crippen molar-refractivity contribution in [3.8, 4) is 0 Å². The molecule has 0 heterocycles. The zero-order chi connectivity index (χ0) is 13.8. The van der Waals surface area contributed by atoms with Crippen LogP contribution in [0.3, 0.4) is 0 Å². The molecule has 0 saturated carbocycles. The Hall–Kier alpha value is -1.10. The number of nitrogens with zero attached hydrogens (tertiary/aromatic N) is 1. The minimum absolute atomic E-state index is 0.0382. The highest BCUT2D eigenvalue weighted by Gasteiger charge is 2.23. The van der Waals surface area contributed by atoms with Crippen molar-refractivity contribution >= 4 is 11.8 Å². The Kier molecular flexibility index (Phi) is 5.61. The average molecular weight is 243 g/mol. The minimum Gasteiger partial charge on any atom is -0.350 e. The van der Waals surface area contributed by atoms with Gasteiger partial charge in [0.25, 0.3) is 0 Å². The van der Waals surface area contributed by atoms with E-state index in [-0.39, 0.29) is 29.8 Å². The van der Waals surface area contributed by atoms with Crippen LogP contribution in [0.4, 0.5) is 0 Å². The second-order valence-corrected chi connectivity index (χ2v) is 5.76. The Morgan fingerprint density at radius 3 is 2.12 bits per heavy atom. The molecule has 0 radical (unpaired) electrons. The van der Waals surface area contributed by atoms with Gasteiger partial charge in [-0.1, -0.05) is 13.8 Å². The quantitative estimate of drug-likeness (QED) is 0.748. The first-order valence-corrected chi connectivity index (χ1v) is 5.86. The summed E-state index contributed by atoms with van der Waals surface area (Å²) in [5, 5.41) is 2.80. The average Bonchev–Trinajstić information content (AvgIpc) is 2.11. The fraction of sp³-hybridized carbons (Fsp3) is 0.833. The summed E-state index contributed by atoms with van der Waals surface area (Å²) in [6, 6.07) is -0.553. The topological polar surface area (TPSA) is 75.4 Å². The van der Waals surface area contributed by atoms with Crippen LogP contribution in [0, 0.1) is 5.92 Å². The van der Waals surface area contributed by atoms with Crippen LogP contribution in [0.2, 0.25) is 0 Å². The van der Waals surface area contributed by atoms with Gasteiger partial charge in [0.15, 0.2) is 0 Å². The zero-order valence-electron chi connectivity index (χ0n) is 11.7. The third-order valence-electron chi connectivity index (χ3n) is 2.27. The molecule has 1 atom stereocenters. The standard InChI is InChI=1S/C12H25N3O2/c1-8(2)10(13)11(17)15(6)7-9(16)14-12(3,4)5/h8,10H,7,13H2,1-6H3,(H,14,16)/t10-/m1/s1. The number of nitrogens with one attached hydrogen (secondary N) is 1. The van der Waals surface area contributed by atoms with Crippen molar-refractivity contribution in [2.24, 2.45) is 11.7 Å². The van der Waals surface area contributed by atoms with Gasteiger partial charge in [-0.15, -0.1) is 0 Å². The molecular formula is C12H25N3O2. The summed E-state index contributed by atoms with van der Waals surface area (Å²) in [6.45, 7) is 9.49. The molecule has 2 amide bonds. The summed E-state index contributed by atoms with van der Waals surface area (Å²) in [5.74, 6) is -0.316. The largest absolute Gasteiger partial charge is 0.350 e. The maximum Gasteiger partial charge on any atom is 0.240 e. The highest BCUT2D eigenvalue weighted by Crippen LogP contribution is 2.03. The van der Waals surface area contributed by atoms with E-state index in [0.717, 1.165) is 0 Å². The fourth-order valence-electron chi connectivity index (χ4n) is 1.29. The molecule has 5 heteroatoms. The second-order valence-electron chi connectivity index (χ2n) is 5.76. The first-order chi connectivity index (χ1) is 7.54. The number of carbonyl (C=O) groups is 2. The van der Waals surface area contributed by atoms with Crippen molar-refractivity contribution < 1.29 is 9.59 Å². The smallest absolute Gasteiger partial charge is 0.240 e. The van der Waals surface area contributed by atoms with E-state index in [2.05, 4.69) is 5.32 Å². The van der Waals surface area contributed by atoms with Gasteiger partial charge in [0.2, 0.25) is 11.8 Å². The Morgan fingerprint density at radius 1 is 1.29 bits per heavy atom. The van der Waals surface area contributed by atoms with Crippen molar-refractivity contribution in [3.05, 3.63) is 0 Å². The lowest BCUT2D eigenvalue weighted by Crippen LogP contribution is -2.50. The van der Waals surface area contributed by atoms with Crippen LogP contribution < -0.4 is 11.1 Å². The van der Waals surface area contributed by atoms with Crippen molar-refractivity contribution in [1.82, 2.24) is 10.2 Å². The zero-order valence-corrected chi connectivity index (χ0v) is 11.7. The molecule has 0 aliphatic carbocycles. The lowest BCUT2D eigenvalue weighted by molar-refractivity contribution is -0.136. The van der Waals surface area contributed by atoms with Crippen molar-refractivity contribution in [3.63, 3.8) is 0 Å². The molecule has 0 aromatic rings. The number of carbonyl (C=O) groups excluding carboxylic acids is 2. The van der Waals surface area contributed by atoms with E-state index in [1.807, 2.05) is 34.6 Å². The summed E-state index contributed by atoms with van der Waals surface area (Å²) in [7, 11) is 1.59. The molecule has 3 N–H and O–H groups in total. The molecule has 0 aromatic carbocycles. The Labute approximate surface area is 104 Å². The SMILES string of the molecule is CC(C)[C@@H](N)C(=O)N(C)CC(=O)NC(C)(C)C. The van der Waals surface area contributed by atoms with Crippen molar-refractivity contribution in [1.29, 1.82) is 0 Å². The molecule has 5 nitrogen and oxygen atoms in total. The molecule has 0 unspecified atom stereocenters. The van der Waals surface area contributed by atoms with Crippen LogP contribution in [0.1, 0.15) is 34.6 Å². The molecule has 0 aromatic heterocycles. The van der Waals surface area contributed by atoms with Gasteiger partial charge in [0.1, 0.15) is 0 Å². The van der Waals surface area contributed by atoms with Crippen LogP contribution >= 0.6 is 0 Å². The summed E-state index contributed by atoms with van der Waals surface area (Å²) < 4.78 is 0. The molecule has 0 fully saturated rings. The third-order valence-corrected chi connectivity index (χ3v) is 2.27. The Bertz CT molecular complexity index is 282. The molecular weight excluding hydrogens is 218 g/mol. The van der Waals surface area contributed by atoms with E-state index in [1.54, 1.807) is 7.05 Å². The van der Waals surface area contributed by atoms with Crippen LogP contribution in [-0.2, 0) is 9.59 Å². The number of hydrogen-bond donors (Lipinski definition) is 2. The monoisotopic (exact) mass is 243 g/mol. The maximum atomic E-state index is 11.8. The van der Waals surface area contributed by atoms with Gasteiger partial charge in [-0.3, -0.25) is 9.59 Å². The molecule has 17 heavy (non-hydrogen) atoms. The van der Waals surface area contributed by atoms with Crippen LogP contribution in [-0.4, -0.2) is 41.9 Å². The van der Waals surface area contributed by atoms with E-state index < -0.39 is 6.04 Å². The fourth-order valence-corrected chi connectivity index (χ4v) is 1.29. The minimum atomic E-state index is -0.553. The summed E-state index contributed by atoms with van der Waals surface area (Å²) in [6.07, 6.45) is 0. The summed E-state index contributed by atoms with van der Waals surface area (Å²) in [5.41, 5.74) is 5.45. The number of rotatable bonds is 4. The van der Waals surface area contributed by atoms with E-state index in [0.29, 0.717) is 0 Å². The van der Waals surface area contributed by atoms with E-state index in [9.17, 15) is 9.59 Å². The molecule has 0 spiro atoms. The van der Waals surface area contributed by atoms with E-state index >= 15 is 0 Å². The van der Waals surface area contributed by atoms with E-state index in [4.69, 9.17) is 5.73 Å². The van der Waals surface area contributed by atoms with Gasteiger partial charge in [-0.2, -0.15) is 0 Å². The number of nitrogens with two attached hydrogens (primary N) is 1. The van der Waals surface area contributed by atoms with Gasteiger partial charge in [-0.05, 0) is 26.7 Å². The van der Waals surface area contributed by atoms with Crippen LogP contribution in [0.25, 0.3) is 0 Å². The first-order valence-electron chi connectivity index (χ1n) is 5.86. The van der Waals surface area contributed by atoms with Gasteiger partial charge in [-0.25, -0.2) is 0 Å². The summed E-state index contributed by atoms with van der Waals surface area (Å²) in [4.78, 5) is 24.8. The maximum absolute atomic E-state index is 11.8. The highest BCUT2D eigenvalue weighted by atomic mass is 16.2. The highest BCUT2D eigenvalue weighted by molar-refractivity contribution is 5.87. The normalized spacial score (nSPS) is 13.4. The van der Waals surface area contributed by atoms with Crippen molar-refractivity contribution in [2.75, 3.05) is 13.6 Å². The van der Waals surface area contributed by atoms with Gasteiger partial charge >= 0.3 is 0 Å². The Morgan fingerprint density at radius 2 is 1.76 bits per heavy atom. The Balaban J connectivity index is 4.31. The summed E-state index contributed by atoms with van der Waals surface area (Å²) >= 11 is 0. The van der Waals surface area contributed by atoms with Crippen molar-refractivity contribution in [2.45, 2.75) is 46.2 Å². The van der Waals surface area contributed by atoms with Crippen LogP contribution in [0.5, 0.6) is 0 Å². The predicted octanol–water partition coefficient (Wildman–Crippen LogP) is 0.343. The lowest BCUT2D eigenvalue weighted by Gasteiger charge is -2.25. The van der Waals surface area contributed by atoms with Gasteiger partial charge in [0, 0.05) is 12.6 Å². The lowest BCUT2D eigenvalue weighted by atomic mass is 10.0. The first kappa shape index (κ1) is 15.9. The number of likely N-dealkylation sites (N-methyl/N-ethyl adjacent to an activating group) is 1. The predicted molar refractivity (Wildman–Crippen MR) is 68.3 cm³/mol. The second kappa shape index (κ2) is 6.00. The number of amides is 2. The molecule has 0 bridgehead atoms. The third kappa shape index (κ3) is 6.26. The molecule has 0 saturated heterocycles. The molecule has 100 valence electrons. The molecule has 0 aliphatic rings. The van der Waals surface area contributed by atoms with E-state index in [1.165, 1.54) is 4.90 Å².